The van der Waals surface area contributed by atoms with Crippen molar-refractivity contribution in [3.63, 3.8) is 0 Å². The summed E-state index contributed by atoms with van der Waals surface area (Å²) in [5, 5.41) is 20.5. The summed E-state index contributed by atoms with van der Waals surface area (Å²) < 4.78 is 8.95. The zero-order valence-electron chi connectivity index (χ0n) is 8.63. The predicted molar refractivity (Wildman–Crippen MR) is 45.7 cm³/mol. The van der Waals surface area contributed by atoms with E-state index in [0.29, 0.717) is 0 Å². The standard InChI is InChI=1S/C8H7NO6.Na/c1-14-7-4-5(9(12)13)2-3-6(7)15-8(10)11;/h2-4H,1H3,(H,10,11);/q;+1/p-1. The molecule has 8 heteroatoms. The number of nitro benzene ring substituents is 1. The van der Waals surface area contributed by atoms with Gasteiger partial charge in [-0.05, 0) is 6.07 Å². The average molecular weight is 235 g/mol. The second-order valence-corrected chi connectivity index (χ2v) is 2.44. The van der Waals surface area contributed by atoms with Crippen LogP contribution < -0.4 is 44.1 Å². The van der Waals surface area contributed by atoms with Gasteiger partial charge in [-0.25, -0.2) is 0 Å². The van der Waals surface area contributed by atoms with Crippen LogP contribution in [0.4, 0.5) is 10.5 Å². The molecule has 0 spiro atoms. The van der Waals surface area contributed by atoms with Crippen molar-refractivity contribution in [3.05, 3.63) is 28.3 Å². The molecule has 16 heavy (non-hydrogen) atoms. The third kappa shape index (κ3) is 3.69. The molecule has 0 bridgehead atoms. The van der Waals surface area contributed by atoms with Crippen LogP contribution in [-0.4, -0.2) is 18.2 Å². The molecule has 0 radical (unpaired) electrons. The smallest absolute Gasteiger partial charge is 0.510 e. The quantitative estimate of drug-likeness (QED) is 0.186. The summed E-state index contributed by atoms with van der Waals surface area (Å²) in [5.74, 6) is -0.198. The Hall–Kier alpha value is -1.31. The van der Waals surface area contributed by atoms with Crippen LogP contribution in [0, 0.1) is 10.1 Å². The molecule has 0 saturated heterocycles. The molecule has 0 amide bonds. The van der Waals surface area contributed by atoms with Crippen LogP contribution >= 0.6 is 0 Å². The number of hydrogen-bond donors (Lipinski definition) is 0. The van der Waals surface area contributed by atoms with E-state index >= 15 is 0 Å². The van der Waals surface area contributed by atoms with Crippen molar-refractivity contribution in [1.29, 1.82) is 0 Å². The van der Waals surface area contributed by atoms with E-state index in [2.05, 4.69) is 4.74 Å². The van der Waals surface area contributed by atoms with E-state index in [1.807, 2.05) is 0 Å². The van der Waals surface area contributed by atoms with Crippen molar-refractivity contribution in [3.8, 4) is 11.5 Å². The number of carbonyl (C=O) groups excluding carboxylic acids is 1. The third-order valence-corrected chi connectivity index (χ3v) is 1.55. The van der Waals surface area contributed by atoms with E-state index in [4.69, 9.17) is 4.74 Å². The number of carbonyl (C=O) groups is 1. The Balaban J connectivity index is 0.00000225. The Labute approximate surface area is 112 Å². The molecule has 80 valence electrons. The monoisotopic (exact) mass is 235 g/mol. The largest absolute Gasteiger partial charge is 1.00 e. The number of methoxy groups -OCH3 is 1. The summed E-state index contributed by atoms with van der Waals surface area (Å²) >= 11 is 0. The minimum atomic E-state index is -1.76. The molecule has 0 N–H and O–H groups in total. The fourth-order valence-corrected chi connectivity index (χ4v) is 0.944. The van der Waals surface area contributed by atoms with Crippen molar-refractivity contribution in [2.75, 3.05) is 7.11 Å². The van der Waals surface area contributed by atoms with Crippen molar-refractivity contribution in [2.45, 2.75) is 0 Å². The molecular formula is C8H6NNaO6. The Bertz CT molecular complexity index is 408. The molecule has 0 aliphatic rings. The molecule has 7 nitrogen and oxygen atoms in total. The fourth-order valence-electron chi connectivity index (χ4n) is 0.944. The number of rotatable bonds is 3. The molecule has 0 aliphatic carbocycles. The van der Waals surface area contributed by atoms with Gasteiger partial charge in [0.25, 0.3) is 11.8 Å². The van der Waals surface area contributed by atoms with E-state index in [1.54, 1.807) is 0 Å². The first-order chi connectivity index (χ1) is 7.04. The molecule has 1 rings (SSSR count). The van der Waals surface area contributed by atoms with Crippen LogP contribution in [-0.2, 0) is 0 Å². The zero-order valence-corrected chi connectivity index (χ0v) is 10.6. The van der Waals surface area contributed by atoms with Gasteiger partial charge in [-0.15, -0.1) is 0 Å². The Morgan fingerprint density at radius 3 is 2.44 bits per heavy atom. The van der Waals surface area contributed by atoms with Gasteiger partial charge >= 0.3 is 29.6 Å². The average Bonchev–Trinajstić information content (AvgIpc) is 2.17. The van der Waals surface area contributed by atoms with Crippen molar-refractivity contribution in [2.24, 2.45) is 0 Å². The van der Waals surface area contributed by atoms with Crippen molar-refractivity contribution >= 4 is 11.8 Å². The van der Waals surface area contributed by atoms with Crippen LogP contribution in [0.3, 0.4) is 0 Å². The molecular weight excluding hydrogens is 229 g/mol. The zero-order chi connectivity index (χ0) is 11.4. The van der Waals surface area contributed by atoms with Crippen LogP contribution in [0.25, 0.3) is 0 Å². The Morgan fingerprint density at radius 2 is 2.00 bits per heavy atom. The molecule has 0 unspecified atom stereocenters. The van der Waals surface area contributed by atoms with Crippen LogP contribution in [0.1, 0.15) is 0 Å². The van der Waals surface area contributed by atoms with E-state index in [9.17, 15) is 20.0 Å². The summed E-state index contributed by atoms with van der Waals surface area (Å²) in [6, 6.07) is 3.27. The van der Waals surface area contributed by atoms with Gasteiger partial charge < -0.3 is 19.4 Å². The first-order valence-corrected chi connectivity index (χ1v) is 3.76. The van der Waals surface area contributed by atoms with E-state index < -0.39 is 11.1 Å². The van der Waals surface area contributed by atoms with Gasteiger partial charge in [0.2, 0.25) is 0 Å². The number of benzene rings is 1. The van der Waals surface area contributed by atoms with E-state index in [0.717, 1.165) is 18.2 Å². The van der Waals surface area contributed by atoms with Gasteiger partial charge in [-0.3, -0.25) is 10.1 Å². The minimum Gasteiger partial charge on any atom is -0.510 e. The van der Waals surface area contributed by atoms with Gasteiger partial charge in [0.05, 0.1) is 23.8 Å². The molecule has 1 aromatic carbocycles. The minimum absolute atomic E-state index is 0. The Morgan fingerprint density at radius 1 is 1.38 bits per heavy atom. The van der Waals surface area contributed by atoms with Crippen LogP contribution in [0.2, 0.25) is 0 Å². The number of carboxylic acid groups (broad SMARTS) is 1. The summed E-state index contributed by atoms with van der Waals surface area (Å²) in [6.45, 7) is 0. The maximum Gasteiger partial charge on any atom is 1.00 e. The van der Waals surface area contributed by atoms with Crippen LogP contribution in [0.15, 0.2) is 18.2 Å². The Kier molecular flexibility index (Phi) is 5.79. The number of hydrogen-bond acceptors (Lipinski definition) is 6. The molecule has 0 aliphatic heterocycles. The summed E-state index contributed by atoms with van der Waals surface area (Å²) in [5.41, 5.74) is -0.224. The maximum atomic E-state index is 10.4. The normalized spacial score (nSPS) is 8.81. The molecule has 0 fully saturated rings. The van der Waals surface area contributed by atoms with Crippen molar-refractivity contribution in [1.82, 2.24) is 0 Å². The fraction of sp³-hybridized carbons (Fsp3) is 0.125. The summed E-state index contributed by atoms with van der Waals surface area (Å²) in [6.07, 6.45) is -1.76. The second-order valence-electron chi connectivity index (χ2n) is 2.44. The van der Waals surface area contributed by atoms with E-state index in [1.165, 1.54) is 7.11 Å². The molecule has 1 aromatic rings. The first-order valence-electron chi connectivity index (χ1n) is 3.76. The molecule has 0 aromatic heterocycles. The predicted octanol–water partition coefficient (Wildman–Crippen LogP) is -2.67. The number of non-ortho nitro benzene ring substituents is 1. The maximum absolute atomic E-state index is 10.4. The first kappa shape index (κ1) is 14.7. The molecule has 0 atom stereocenters. The van der Waals surface area contributed by atoms with Crippen LogP contribution in [0.5, 0.6) is 11.5 Å². The summed E-state index contributed by atoms with van der Waals surface area (Å²) in [4.78, 5) is 19.9. The van der Waals surface area contributed by atoms with Gasteiger partial charge in [0, 0.05) is 6.07 Å². The van der Waals surface area contributed by atoms with Gasteiger partial charge in [0.15, 0.2) is 0 Å². The summed E-state index contributed by atoms with van der Waals surface area (Å²) in [7, 11) is 1.24. The van der Waals surface area contributed by atoms with Gasteiger partial charge in [0.1, 0.15) is 5.75 Å². The number of nitrogens with zero attached hydrogens (tertiary/aromatic N) is 1. The molecule has 0 heterocycles. The van der Waals surface area contributed by atoms with Crippen molar-refractivity contribution < 1.29 is 53.9 Å². The number of ether oxygens (including phenoxy) is 2. The SMILES string of the molecule is COc1cc([N+](=O)[O-])ccc1OC(=O)[O-].[Na+]. The third-order valence-electron chi connectivity index (χ3n) is 1.55. The van der Waals surface area contributed by atoms with Gasteiger partial charge in [-0.2, -0.15) is 0 Å². The van der Waals surface area contributed by atoms with E-state index in [-0.39, 0.29) is 46.7 Å². The topological polar surface area (TPSA) is 102 Å². The number of nitro groups is 1. The molecule has 0 saturated carbocycles. The van der Waals surface area contributed by atoms with Gasteiger partial charge in [-0.1, -0.05) is 0 Å². The second kappa shape index (κ2) is 6.31.